The Balaban J connectivity index is 0.00000169. The Morgan fingerprint density at radius 3 is 2.58 bits per heavy atom. The van der Waals surface area contributed by atoms with E-state index in [4.69, 9.17) is 4.74 Å². The highest BCUT2D eigenvalue weighted by Crippen LogP contribution is 2.24. The van der Waals surface area contributed by atoms with Crippen molar-refractivity contribution in [2.45, 2.75) is 6.54 Å². The van der Waals surface area contributed by atoms with Crippen LogP contribution in [-0.4, -0.2) is 29.2 Å². The first-order chi connectivity index (χ1) is 11.3. The van der Waals surface area contributed by atoms with Crippen LogP contribution < -0.4 is 15.7 Å². The van der Waals surface area contributed by atoms with E-state index in [0.717, 1.165) is 35.4 Å². The van der Waals surface area contributed by atoms with Crippen molar-refractivity contribution in [2.24, 2.45) is 5.92 Å². The van der Waals surface area contributed by atoms with Crippen molar-refractivity contribution < 1.29 is 4.74 Å². The topological polar surface area (TPSA) is 59.1 Å². The number of halogens is 1. The van der Waals surface area contributed by atoms with Crippen LogP contribution in [0.1, 0.15) is 5.56 Å². The van der Waals surface area contributed by atoms with Gasteiger partial charge in [-0.25, -0.2) is 4.79 Å². The number of aromatic amines is 1. The number of hydrogen-bond acceptors (Lipinski definition) is 3. The van der Waals surface area contributed by atoms with E-state index in [-0.39, 0.29) is 18.1 Å². The number of rotatable bonds is 5. The zero-order chi connectivity index (χ0) is 15.6. The Hall–Kier alpha value is -2.24. The zero-order valence-electron chi connectivity index (χ0n) is 13.2. The van der Waals surface area contributed by atoms with Crippen LogP contribution in [-0.2, 0) is 6.54 Å². The summed E-state index contributed by atoms with van der Waals surface area (Å²) in [5.41, 5.74) is 2.65. The minimum absolute atomic E-state index is 0. The molecule has 0 atom stereocenters. The van der Waals surface area contributed by atoms with E-state index >= 15 is 0 Å². The summed E-state index contributed by atoms with van der Waals surface area (Å²) in [4.78, 5) is 15.3. The van der Waals surface area contributed by atoms with Gasteiger partial charge < -0.3 is 15.0 Å². The SMILES string of the molecule is Cl.O=c1[nH]c2c(OCC3CNC3)cccc2n1Cc1ccccc1. The fourth-order valence-corrected chi connectivity index (χ4v) is 2.87. The number of H-pyrrole nitrogens is 1. The Labute approximate surface area is 146 Å². The molecule has 3 aromatic rings. The fraction of sp³-hybridized carbons (Fsp3) is 0.278. The Kier molecular flexibility index (Phi) is 4.92. The van der Waals surface area contributed by atoms with Gasteiger partial charge in [-0.15, -0.1) is 12.4 Å². The number of hydrogen-bond donors (Lipinski definition) is 2. The molecule has 2 heterocycles. The normalized spacial score (nSPS) is 14.2. The average Bonchev–Trinajstić information content (AvgIpc) is 2.84. The number of aromatic nitrogens is 2. The number of nitrogens with one attached hydrogen (secondary N) is 2. The van der Waals surface area contributed by atoms with Gasteiger partial charge in [0.1, 0.15) is 11.3 Å². The van der Waals surface area contributed by atoms with Crippen LogP contribution in [0.15, 0.2) is 53.3 Å². The van der Waals surface area contributed by atoms with Gasteiger partial charge in [0.2, 0.25) is 0 Å². The maximum absolute atomic E-state index is 12.3. The van der Waals surface area contributed by atoms with E-state index in [1.165, 1.54) is 0 Å². The molecule has 2 N–H and O–H groups in total. The van der Waals surface area contributed by atoms with Gasteiger partial charge in [-0.3, -0.25) is 4.57 Å². The van der Waals surface area contributed by atoms with Gasteiger partial charge >= 0.3 is 5.69 Å². The molecule has 0 radical (unpaired) electrons. The van der Waals surface area contributed by atoms with Gasteiger partial charge in [-0.1, -0.05) is 36.4 Å². The Morgan fingerprint density at radius 1 is 1.08 bits per heavy atom. The molecule has 0 amide bonds. The molecule has 1 aromatic heterocycles. The minimum atomic E-state index is -0.106. The third kappa shape index (κ3) is 3.18. The number of imidazole rings is 1. The van der Waals surface area contributed by atoms with Gasteiger partial charge in [-0.05, 0) is 17.7 Å². The molecular formula is C18H20ClN3O2. The molecule has 1 saturated heterocycles. The summed E-state index contributed by atoms with van der Waals surface area (Å²) in [6, 6.07) is 15.8. The molecule has 24 heavy (non-hydrogen) atoms. The molecule has 0 saturated carbocycles. The molecule has 1 fully saturated rings. The average molecular weight is 346 g/mol. The molecule has 1 aliphatic rings. The van der Waals surface area contributed by atoms with E-state index in [9.17, 15) is 4.79 Å². The van der Waals surface area contributed by atoms with Crippen LogP contribution in [0.25, 0.3) is 11.0 Å². The monoisotopic (exact) mass is 345 g/mol. The molecule has 0 spiro atoms. The molecule has 0 bridgehead atoms. The van der Waals surface area contributed by atoms with Gasteiger partial charge in [-0.2, -0.15) is 0 Å². The maximum atomic E-state index is 12.3. The lowest BCUT2D eigenvalue weighted by Gasteiger charge is -2.26. The first-order valence-electron chi connectivity index (χ1n) is 7.90. The minimum Gasteiger partial charge on any atom is -0.491 e. The summed E-state index contributed by atoms with van der Waals surface area (Å²) < 4.78 is 7.67. The van der Waals surface area contributed by atoms with Crippen molar-refractivity contribution in [2.75, 3.05) is 19.7 Å². The molecular weight excluding hydrogens is 326 g/mol. The number of nitrogens with zero attached hydrogens (tertiary/aromatic N) is 1. The summed E-state index contributed by atoms with van der Waals surface area (Å²) in [6.07, 6.45) is 0. The number of benzene rings is 2. The summed E-state index contributed by atoms with van der Waals surface area (Å²) in [7, 11) is 0. The van der Waals surface area contributed by atoms with Crippen LogP contribution in [0.5, 0.6) is 5.75 Å². The quantitative estimate of drug-likeness (QED) is 0.746. The van der Waals surface area contributed by atoms with Crippen LogP contribution in [0, 0.1) is 5.92 Å². The standard InChI is InChI=1S/C18H19N3O2.ClH/c22-18-20-17-15(21(18)11-13-5-2-1-3-6-13)7-4-8-16(17)23-12-14-9-19-10-14;/h1-8,14,19H,9-12H2,(H,20,22);1H. The summed E-state index contributed by atoms with van der Waals surface area (Å²) in [5, 5.41) is 3.23. The lowest BCUT2D eigenvalue weighted by Crippen LogP contribution is -2.45. The van der Waals surface area contributed by atoms with Gasteiger partial charge in [0.05, 0.1) is 18.7 Å². The molecule has 6 heteroatoms. The van der Waals surface area contributed by atoms with Crippen LogP contribution >= 0.6 is 12.4 Å². The van der Waals surface area contributed by atoms with Gasteiger partial charge in [0.15, 0.2) is 0 Å². The van der Waals surface area contributed by atoms with Crippen molar-refractivity contribution in [3.63, 3.8) is 0 Å². The van der Waals surface area contributed by atoms with E-state index in [0.29, 0.717) is 19.1 Å². The maximum Gasteiger partial charge on any atom is 0.326 e. The molecule has 2 aromatic carbocycles. The molecule has 4 rings (SSSR count). The van der Waals surface area contributed by atoms with Gasteiger partial charge in [0.25, 0.3) is 0 Å². The zero-order valence-corrected chi connectivity index (χ0v) is 14.0. The van der Waals surface area contributed by atoms with Crippen molar-refractivity contribution in [1.29, 1.82) is 0 Å². The van der Waals surface area contributed by atoms with Crippen molar-refractivity contribution in [3.05, 3.63) is 64.6 Å². The highest BCUT2D eigenvalue weighted by atomic mass is 35.5. The second kappa shape index (κ2) is 7.11. The number of ether oxygens (including phenoxy) is 1. The van der Waals surface area contributed by atoms with E-state index in [1.807, 2.05) is 48.5 Å². The first-order valence-corrected chi connectivity index (χ1v) is 7.90. The smallest absolute Gasteiger partial charge is 0.326 e. The number of fused-ring (bicyclic) bond motifs is 1. The molecule has 0 unspecified atom stereocenters. The van der Waals surface area contributed by atoms with Crippen LogP contribution in [0.4, 0.5) is 0 Å². The predicted molar refractivity (Wildman–Crippen MR) is 97.2 cm³/mol. The lowest BCUT2D eigenvalue weighted by atomic mass is 10.1. The molecule has 5 nitrogen and oxygen atoms in total. The van der Waals surface area contributed by atoms with Gasteiger partial charge in [0, 0.05) is 19.0 Å². The Bertz CT molecular complexity index is 869. The van der Waals surface area contributed by atoms with Crippen molar-refractivity contribution in [1.82, 2.24) is 14.9 Å². The molecule has 1 aliphatic heterocycles. The third-order valence-corrected chi connectivity index (χ3v) is 4.30. The van der Waals surface area contributed by atoms with Crippen LogP contribution in [0.2, 0.25) is 0 Å². The summed E-state index contributed by atoms with van der Waals surface area (Å²) in [5.74, 6) is 1.31. The molecule has 126 valence electrons. The summed E-state index contributed by atoms with van der Waals surface area (Å²) in [6.45, 7) is 3.23. The summed E-state index contributed by atoms with van der Waals surface area (Å²) >= 11 is 0. The first kappa shape index (κ1) is 16.6. The second-order valence-electron chi connectivity index (χ2n) is 5.99. The van der Waals surface area contributed by atoms with Crippen LogP contribution in [0.3, 0.4) is 0 Å². The van der Waals surface area contributed by atoms with E-state index in [1.54, 1.807) is 4.57 Å². The van der Waals surface area contributed by atoms with E-state index in [2.05, 4.69) is 10.3 Å². The number of para-hydroxylation sites is 1. The Morgan fingerprint density at radius 2 is 1.88 bits per heavy atom. The highest BCUT2D eigenvalue weighted by molar-refractivity contribution is 5.85. The third-order valence-electron chi connectivity index (χ3n) is 4.30. The highest BCUT2D eigenvalue weighted by Gasteiger charge is 2.18. The van der Waals surface area contributed by atoms with E-state index < -0.39 is 0 Å². The predicted octanol–water partition coefficient (Wildman–Crippen LogP) is 2.40. The largest absolute Gasteiger partial charge is 0.491 e. The fourth-order valence-electron chi connectivity index (χ4n) is 2.87. The second-order valence-corrected chi connectivity index (χ2v) is 5.99. The van der Waals surface area contributed by atoms with Crippen molar-refractivity contribution >= 4 is 23.4 Å². The lowest BCUT2D eigenvalue weighted by molar-refractivity contribution is 0.200. The molecule has 0 aliphatic carbocycles. The van der Waals surface area contributed by atoms with Crippen molar-refractivity contribution in [3.8, 4) is 5.75 Å².